The van der Waals surface area contributed by atoms with Gasteiger partial charge in [-0.25, -0.2) is 5.84 Å². The highest BCUT2D eigenvalue weighted by molar-refractivity contribution is 5.89. The van der Waals surface area contributed by atoms with Crippen LogP contribution in [0.4, 0.5) is 0 Å². The predicted octanol–water partition coefficient (Wildman–Crippen LogP) is 2.33. The summed E-state index contributed by atoms with van der Waals surface area (Å²) in [6, 6.07) is 6.58. The third kappa shape index (κ3) is 2.25. The average molecular weight is 301 g/mol. The molecule has 0 fully saturated rings. The Morgan fingerprint density at radius 1 is 1.45 bits per heavy atom. The zero-order chi connectivity index (χ0) is 15.9. The number of hydrazine groups is 1. The maximum absolute atomic E-state index is 11.9. The number of nitrogens with two attached hydrogens (primary N) is 1. The quantitative estimate of drug-likeness (QED) is 0.519. The summed E-state index contributed by atoms with van der Waals surface area (Å²) in [5.74, 6) is 6.04. The molecule has 118 valence electrons. The van der Waals surface area contributed by atoms with Gasteiger partial charge in [0.2, 0.25) is 5.91 Å². The van der Waals surface area contributed by atoms with Crippen molar-refractivity contribution in [3.8, 4) is 5.75 Å². The standard InChI is InChI=1S/C17H23N3O2/c1-10(2)20-15-6-4-11(17(21)19-18)8-13(15)14-9-12(22-3)5-7-16(14)20/h5,7,9-11H,4,6,8,18H2,1-3H3,(H,19,21). The second-order valence-corrected chi connectivity index (χ2v) is 6.22. The zero-order valence-corrected chi connectivity index (χ0v) is 13.3. The molecule has 5 nitrogen and oxygen atoms in total. The smallest absolute Gasteiger partial charge is 0.237 e. The number of hydrogen-bond donors (Lipinski definition) is 2. The number of aromatic nitrogens is 1. The summed E-state index contributed by atoms with van der Waals surface area (Å²) in [6.45, 7) is 4.39. The van der Waals surface area contributed by atoms with E-state index < -0.39 is 0 Å². The SMILES string of the molecule is COc1ccc2c(c1)c1c(n2C(C)C)CCC(C(=O)NN)C1. The van der Waals surface area contributed by atoms with E-state index in [9.17, 15) is 4.79 Å². The van der Waals surface area contributed by atoms with E-state index in [1.54, 1.807) is 7.11 Å². The van der Waals surface area contributed by atoms with Gasteiger partial charge in [0.05, 0.1) is 7.11 Å². The number of nitrogens with zero attached hydrogens (tertiary/aromatic N) is 1. The van der Waals surface area contributed by atoms with Crippen LogP contribution in [-0.4, -0.2) is 17.6 Å². The zero-order valence-electron chi connectivity index (χ0n) is 13.3. The Hall–Kier alpha value is -2.01. The van der Waals surface area contributed by atoms with Gasteiger partial charge in [0.1, 0.15) is 5.75 Å². The molecule has 1 aromatic heterocycles. The minimum atomic E-state index is -0.0704. The molecular weight excluding hydrogens is 278 g/mol. The molecule has 0 spiro atoms. The summed E-state index contributed by atoms with van der Waals surface area (Å²) < 4.78 is 7.76. The molecule has 2 aromatic rings. The second-order valence-electron chi connectivity index (χ2n) is 6.22. The van der Waals surface area contributed by atoms with Gasteiger partial charge in [-0.05, 0) is 56.9 Å². The van der Waals surface area contributed by atoms with Gasteiger partial charge in [-0.1, -0.05) is 0 Å². The van der Waals surface area contributed by atoms with Gasteiger partial charge in [0.15, 0.2) is 0 Å². The van der Waals surface area contributed by atoms with Crippen molar-refractivity contribution in [2.75, 3.05) is 7.11 Å². The van der Waals surface area contributed by atoms with E-state index in [4.69, 9.17) is 10.6 Å². The van der Waals surface area contributed by atoms with Crippen LogP contribution >= 0.6 is 0 Å². The molecule has 1 heterocycles. The van der Waals surface area contributed by atoms with Crippen LogP contribution in [0.5, 0.6) is 5.75 Å². The lowest BCUT2D eigenvalue weighted by Gasteiger charge is -2.24. The molecule has 22 heavy (non-hydrogen) atoms. The number of ether oxygens (including phenoxy) is 1. The first kappa shape index (κ1) is 14.9. The first-order chi connectivity index (χ1) is 10.6. The number of fused-ring (bicyclic) bond motifs is 3. The Morgan fingerprint density at radius 2 is 2.23 bits per heavy atom. The molecule has 1 aromatic carbocycles. The lowest BCUT2D eigenvalue weighted by Crippen LogP contribution is -2.38. The first-order valence-corrected chi connectivity index (χ1v) is 7.77. The molecular formula is C17H23N3O2. The molecule has 1 aliphatic rings. The Kier molecular flexibility index (Phi) is 3.83. The number of benzene rings is 1. The molecule has 3 N–H and O–H groups in total. The van der Waals surface area contributed by atoms with Crippen molar-refractivity contribution in [1.29, 1.82) is 0 Å². The number of rotatable bonds is 3. The van der Waals surface area contributed by atoms with Crippen molar-refractivity contribution in [3.05, 3.63) is 29.5 Å². The van der Waals surface area contributed by atoms with Crippen LogP contribution in [0.3, 0.4) is 0 Å². The lowest BCUT2D eigenvalue weighted by molar-refractivity contribution is -0.125. The van der Waals surface area contributed by atoms with E-state index >= 15 is 0 Å². The number of hydrogen-bond acceptors (Lipinski definition) is 3. The molecule has 1 aliphatic carbocycles. The van der Waals surface area contributed by atoms with Crippen LogP contribution in [0.2, 0.25) is 0 Å². The fourth-order valence-electron chi connectivity index (χ4n) is 3.63. The van der Waals surface area contributed by atoms with Crippen LogP contribution in [-0.2, 0) is 17.6 Å². The van der Waals surface area contributed by atoms with Crippen molar-refractivity contribution in [1.82, 2.24) is 9.99 Å². The summed E-state index contributed by atoms with van der Waals surface area (Å²) in [7, 11) is 1.68. The lowest BCUT2D eigenvalue weighted by atomic mass is 9.86. The highest BCUT2D eigenvalue weighted by Gasteiger charge is 2.29. The summed E-state index contributed by atoms with van der Waals surface area (Å²) in [6.07, 6.45) is 2.49. The fraction of sp³-hybridized carbons (Fsp3) is 0.471. The Labute approximate surface area is 130 Å². The molecule has 0 radical (unpaired) electrons. The molecule has 1 atom stereocenters. The molecule has 5 heteroatoms. The van der Waals surface area contributed by atoms with Crippen molar-refractivity contribution < 1.29 is 9.53 Å². The molecule has 0 bridgehead atoms. The van der Waals surface area contributed by atoms with Crippen LogP contribution in [0, 0.1) is 5.92 Å². The van der Waals surface area contributed by atoms with Gasteiger partial charge >= 0.3 is 0 Å². The highest BCUT2D eigenvalue weighted by Crippen LogP contribution is 2.37. The normalized spacial score (nSPS) is 17.6. The van der Waals surface area contributed by atoms with E-state index in [2.05, 4.69) is 36.0 Å². The highest BCUT2D eigenvalue weighted by atomic mass is 16.5. The predicted molar refractivity (Wildman–Crippen MR) is 86.7 cm³/mol. The summed E-state index contributed by atoms with van der Waals surface area (Å²) in [4.78, 5) is 11.9. The Balaban J connectivity index is 2.17. The maximum Gasteiger partial charge on any atom is 0.237 e. The van der Waals surface area contributed by atoms with Gasteiger partial charge < -0.3 is 9.30 Å². The molecule has 3 rings (SSSR count). The Morgan fingerprint density at radius 3 is 2.86 bits per heavy atom. The molecule has 1 amide bonds. The van der Waals surface area contributed by atoms with Crippen molar-refractivity contribution in [2.45, 2.75) is 39.2 Å². The van der Waals surface area contributed by atoms with Crippen LogP contribution in [0.15, 0.2) is 18.2 Å². The number of carbonyl (C=O) groups is 1. The molecule has 0 aliphatic heterocycles. The van der Waals surface area contributed by atoms with Crippen molar-refractivity contribution in [3.63, 3.8) is 0 Å². The number of amides is 1. The van der Waals surface area contributed by atoms with E-state index in [1.165, 1.54) is 22.2 Å². The van der Waals surface area contributed by atoms with Gasteiger partial charge in [-0.3, -0.25) is 10.2 Å². The van der Waals surface area contributed by atoms with E-state index in [1.807, 2.05) is 6.07 Å². The molecule has 0 saturated carbocycles. The van der Waals surface area contributed by atoms with Gasteiger partial charge in [-0.15, -0.1) is 0 Å². The first-order valence-electron chi connectivity index (χ1n) is 7.77. The maximum atomic E-state index is 11.9. The summed E-state index contributed by atoms with van der Waals surface area (Å²) in [5, 5.41) is 1.19. The number of nitrogens with one attached hydrogen (secondary N) is 1. The number of carbonyl (C=O) groups excluding carboxylic acids is 1. The van der Waals surface area contributed by atoms with E-state index in [0.29, 0.717) is 6.04 Å². The summed E-state index contributed by atoms with van der Waals surface area (Å²) >= 11 is 0. The van der Waals surface area contributed by atoms with Crippen LogP contribution < -0.4 is 16.0 Å². The average Bonchev–Trinajstić information content (AvgIpc) is 2.86. The third-order valence-electron chi connectivity index (χ3n) is 4.64. The van der Waals surface area contributed by atoms with Crippen LogP contribution in [0.25, 0.3) is 10.9 Å². The topological polar surface area (TPSA) is 69.3 Å². The van der Waals surface area contributed by atoms with Gasteiger partial charge in [0.25, 0.3) is 0 Å². The fourth-order valence-corrected chi connectivity index (χ4v) is 3.63. The monoisotopic (exact) mass is 301 g/mol. The van der Waals surface area contributed by atoms with Crippen molar-refractivity contribution in [2.24, 2.45) is 11.8 Å². The number of methoxy groups -OCH3 is 1. The van der Waals surface area contributed by atoms with Crippen LogP contribution in [0.1, 0.15) is 37.6 Å². The van der Waals surface area contributed by atoms with Gasteiger partial charge in [0, 0.05) is 28.6 Å². The van der Waals surface area contributed by atoms with E-state index in [0.717, 1.165) is 25.0 Å². The molecule has 0 saturated heterocycles. The third-order valence-corrected chi connectivity index (χ3v) is 4.64. The second kappa shape index (κ2) is 5.65. The largest absolute Gasteiger partial charge is 0.497 e. The minimum absolute atomic E-state index is 0.0464. The van der Waals surface area contributed by atoms with E-state index in [-0.39, 0.29) is 11.8 Å². The summed E-state index contributed by atoms with van der Waals surface area (Å²) in [5.41, 5.74) is 6.13. The van der Waals surface area contributed by atoms with Crippen molar-refractivity contribution >= 4 is 16.8 Å². The minimum Gasteiger partial charge on any atom is -0.497 e. The van der Waals surface area contributed by atoms with Gasteiger partial charge in [-0.2, -0.15) is 0 Å². The molecule has 1 unspecified atom stereocenters. The Bertz CT molecular complexity index is 718.